The van der Waals surface area contributed by atoms with Crippen molar-refractivity contribution in [3.63, 3.8) is 0 Å². The van der Waals surface area contributed by atoms with Gasteiger partial charge in [-0.1, -0.05) is 37.3 Å². The van der Waals surface area contributed by atoms with Gasteiger partial charge in [0, 0.05) is 0 Å². The first-order valence-electron chi connectivity index (χ1n) is 4.88. The monoisotopic (exact) mass is 203 g/mol. The summed E-state index contributed by atoms with van der Waals surface area (Å²) in [4.78, 5) is 22.9. The Hall–Kier alpha value is -1.84. The molecule has 1 fully saturated rings. The number of hydrogen-bond donors (Lipinski definition) is 2. The fraction of sp³-hybridized carbons (Fsp3) is 0.273. The van der Waals surface area contributed by atoms with Crippen molar-refractivity contribution in [1.29, 1.82) is 0 Å². The van der Waals surface area contributed by atoms with E-state index in [1.807, 2.05) is 37.3 Å². The Morgan fingerprint density at radius 2 is 1.87 bits per heavy atom. The number of nitrogens with one attached hydrogen (secondary N) is 2. The Bertz CT molecular complexity index is 402. The smallest absolute Gasteiger partial charge is 0.319 e. The molecule has 0 radical (unpaired) electrons. The topological polar surface area (TPSA) is 58.2 Å². The van der Waals surface area contributed by atoms with Gasteiger partial charge in [-0.15, -0.1) is 0 Å². The Balaban J connectivity index is 2.47. The van der Waals surface area contributed by atoms with Gasteiger partial charge in [-0.2, -0.15) is 0 Å². The lowest BCUT2D eigenvalue weighted by Gasteiger charge is -2.24. The van der Waals surface area contributed by atoms with Crippen LogP contribution in [0.25, 0.3) is 0 Å². The summed E-state index contributed by atoms with van der Waals surface area (Å²) in [5.74, 6) is -0.277. The van der Waals surface area contributed by atoms with E-state index in [0.717, 1.165) is 5.56 Å². The van der Waals surface area contributed by atoms with E-state index >= 15 is 0 Å². The minimum Gasteiger partial charge on any atom is -0.319 e. The van der Waals surface area contributed by atoms with Crippen LogP contribution >= 0.6 is 0 Å². The molecule has 1 aliphatic rings. The third kappa shape index (κ3) is 1.38. The van der Waals surface area contributed by atoms with Crippen LogP contribution in [0.2, 0.25) is 0 Å². The molecule has 1 saturated heterocycles. The van der Waals surface area contributed by atoms with Gasteiger partial charge in [0.1, 0.15) is 5.54 Å². The highest BCUT2D eigenvalue weighted by Crippen LogP contribution is 2.27. The number of imide groups is 1. The Morgan fingerprint density at radius 3 is 2.33 bits per heavy atom. The zero-order valence-electron chi connectivity index (χ0n) is 8.41. The van der Waals surface area contributed by atoms with Crippen LogP contribution in [0.4, 0.5) is 4.79 Å². The molecule has 0 spiro atoms. The van der Waals surface area contributed by atoms with Gasteiger partial charge < -0.3 is 5.32 Å². The van der Waals surface area contributed by atoms with Crippen LogP contribution in [-0.4, -0.2) is 11.9 Å². The van der Waals surface area contributed by atoms with Crippen molar-refractivity contribution in [2.75, 3.05) is 0 Å². The maximum Gasteiger partial charge on any atom is 0.322 e. The quantitative estimate of drug-likeness (QED) is 0.708. The van der Waals surface area contributed by atoms with E-state index in [1.165, 1.54) is 0 Å². The van der Waals surface area contributed by atoms with E-state index < -0.39 is 11.6 Å². The Labute approximate surface area is 87.7 Å². The summed E-state index contributed by atoms with van der Waals surface area (Å²) in [6.45, 7) is 1.87. The van der Waals surface area contributed by atoms with Crippen molar-refractivity contribution < 1.29 is 9.59 Å². The molecule has 0 bridgehead atoms. The van der Waals surface area contributed by atoms with Crippen LogP contribution in [0.3, 0.4) is 0 Å². The molecule has 1 heterocycles. The maximum absolute atomic E-state index is 11.7. The summed E-state index contributed by atoms with van der Waals surface area (Å²) < 4.78 is 0. The molecule has 0 aliphatic carbocycles. The minimum atomic E-state index is -0.891. The lowest BCUT2D eigenvalue weighted by Crippen LogP contribution is -2.43. The molecule has 3 amide bonds. The Morgan fingerprint density at radius 1 is 1.20 bits per heavy atom. The molecule has 0 aromatic heterocycles. The predicted octanol–water partition coefficient (Wildman–Crippen LogP) is 1.13. The van der Waals surface area contributed by atoms with Crippen molar-refractivity contribution >= 4 is 11.9 Å². The fourth-order valence-electron chi connectivity index (χ4n) is 1.87. The van der Waals surface area contributed by atoms with E-state index in [0.29, 0.717) is 6.42 Å². The van der Waals surface area contributed by atoms with Crippen LogP contribution in [0, 0.1) is 0 Å². The zero-order chi connectivity index (χ0) is 10.9. The molecule has 1 atom stereocenters. The molecular weight excluding hydrogens is 191 g/mol. The number of carbonyl (C=O) groups excluding carboxylic acids is 2. The van der Waals surface area contributed by atoms with Gasteiger partial charge in [0.2, 0.25) is 0 Å². The van der Waals surface area contributed by atoms with Gasteiger partial charge in [0.25, 0.3) is 5.91 Å². The minimum absolute atomic E-state index is 0.277. The van der Waals surface area contributed by atoms with E-state index in [4.69, 9.17) is 0 Å². The molecule has 4 heteroatoms. The van der Waals surface area contributed by atoms with Crippen LogP contribution in [0.1, 0.15) is 18.9 Å². The maximum atomic E-state index is 11.7. The second-order valence-corrected chi connectivity index (χ2v) is 3.53. The molecule has 1 unspecified atom stereocenters. The number of urea groups is 1. The third-order valence-electron chi connectivity index (χ3n) is 2.74. The van der Waals surface area contributed by atoms with Crippen LogP contribution in [-0.2, 0) is 10.3 Å². The molecular formula is C11H12N2O2. The average molecular weight is 203 g/mol. The van der Waals surface area contributed by atoms with Gasteiger partial charge in [-0.3, -0.25) is 10.1 Å². The summed E-state index contributed by atoms with van der Waals surface area (Å²) in [6.07, 6.45) is 0.536. The fourth-order valence-corrected chi connectivity index (χ4v) is 1.87. The number of hydrogen-bond acceptors (Lipinski definition) is 2. The predicted molar refractivity (Wildman–Crippen MR) is 55.1 cm³/mol. The zero-order valence-corrected chi connectivity index (χ0v) is 8.41. The van der Waals surface area contributed by atoms with Gasteiger partial charge in [-0.25, -0.2) is 4.79 Å². The second kappa shape index (κ2) is 3.38. The van der Waals surface area contributed by atoms with Crippen LogP contribution in [0.15, 0.2) is 30.3 Å². The molecule has 1 aromatic carbocycles. The number of carbonyl (C=O) groups is 2. The SMILES string of the molecule is CCC1(c2ccccc2)N[11C](=O)NC1=O. The number of amides is 3. The first kappa shape index (κ1) is 9.71. The van der Waals surface area contributed by atoms with Crippen molar-refractivity contribution in [3.05, 3.63) is 35.9 Å². The molecule has 15 heavy (non-hydrogen) atoms. The molecule has 2 rings (SSSR count). The largest absolute Gasteiger partial charge is 0.322 e. The molecule has 4 nitrogen and oxygen atoms in total. The highest BCUT2D eigenvalue weighted by atomic mass is 16.2. The van der Waals surface area contributed by atoms with Crippen molar-refractivity contribution in [2.45, 2.75) is 18.9 Å². The number of benzene rings is 1. The summed E-state index contributed by atoms with van der Waals surface area (Å²) in [7, 11) is 0. The summed E-state index contributed by atoms with van der Waals surface area (Å²) in [5.41, 5.74) is -0.0749. The van der Waals surface area contributed by atoms with Crippen LogP contribution in [0.5, 0.6) is 0 Å². The van der Waals surface area contributed by atoms with Crippen molar-refractivity contribution in [3.8, 4) is 0 Å². The lowest BCUT2D eigenvalue weighted by molar-refractivity contribution is -0.124. The van der Waals surface area contributed by atoms with Crippen LogP contribution < -0.4 is 10.6 Å². The van der Waals surface area contributed by atoms with E-state index in [-0.39, 0.29) is 5.91 Å². The standard InChI is InChI=1S/C11H12N2O2/c1-2-11(8-6-4-3-5-7-8)9(14)12-10(15)13-11/h3-7H,2H2,1H3,(H2,12,13,14,15)/i10-1. The van der Waals surface area contributed by atoms with E-state index in [2.05, 4.69) is 10.6 Å². The molecule has 78 valence electrons. The summed E-state index contributed by atoms with van der Waals surface area (Å²) in [6, 6.07) is 8.84. The van der Waals surface area contributed by atoms with E-state index in [9.17, 15) is 9.59 Å². The average Bonchev–Trinajstić information content (AvgIpc) is 2.56. The van der Waals surface area contributed by atoms with Crippen molar-refractivity contribution in [2.24, 2.45) is 0 Å². The van der Waals surface area contributed by atoms with Gasteiger partial charge >= 0.3 is 6.03 Å². The highest BCUT2D eigenvalue weighted by Gasteiger charge is 2.45. The first-order valence-corrected chi connectivity index (χ1v) is 4.88. The van der Waals surface area contributed by atoms with E-state index in [1.54, 1.807) is 0 Å². The highest BCUT2D eigenvalue weighted by molar-refractivity contribution is 6.07. The van der Waals surface area contributed by atoms with Gasteiger partial charge in [0.05, 0.1) is 0 Å². The van der Waals surface area contributed by atoms with Crippen molar-refractivity contribution in [1.82, 2.24) is 10.6 Å². The van der Waals surface area contributed by atoms with Gasteiger partial charge in [-0.05, 0) is 12.0 Å². The molecule has 1 aromatic rings. The second-order valence-electron chi connectivity index (χ2n) is 3.53. The summed E-state index contributed by atoms with van der Waals surface area (Å²) in [5, 5.41) is 4.95. The summed E-state index contributed by atoms with van der Waals surface area (Å²) >= 11 is 0. The lowest BCUT2D eigenvalue weighted by atomic mass is 9.87. The third-order valence-corrected chi connectivity index (χ3v) is 2.74. The molecule has 0 saturated carbocycles. The van der Waals surface area contributed by atoms with Gasteiger partial charge in [0.15, 0.2) is 0 Å². The normalized spacial score (nSPS) is 24.9. The molecule has 1 aliphatic heterocycles. The number of rotatable bonds is 2. The molecule has 2 N–H and O–H groups in total. The first-order chi connectivity index (χ1) is 7.19. The Kier molecular flexibility index (Phi) is 2.19.